The standard InChI is InChI=1S/C10H13N3S2/c1-10(2,3)15-8-6-4-5-14-7(6)12-9(11)13-8/h4-5H,1-3H3,(H2,11,12,13). The minimum absolute atomic E-state index is 0.135. The van der Waals surface area contributed by atoms with E-state index in [1.807, 2.05) is 11.4 Å². The maximum Gasteiger partial charge on any atom is 0.222 e. The van der Waals surface area contributed by atoms with Gasteiger partial charge in [-0.25, -0.2) is 9.97 Å². The largest absolute Gasteiger partial charge is 0.368 e. The first-order valence-corrected chi connectivity index (χ1v) is 6.35. The predicted octanol–water partition coefficient (Wildman–Crippen LogP) is 3.16. The number of nitrogens with two attached hydrogens (primary N) is 1. The van der Waals surface area contributed by atoms with E-state index in [4.69, 9.17) is 5.73 Å². The fourth-order valence-electron chi connectivity index (χ4n) is 1.21. The van der Waals surface area contributed by atoms with Crippen molar-refractivity contribution in [3.05, 3.63) is 11.4 Å². The van der Waals surface area contributed by atoms with Gasteiger partial charge in [-0.1, -0.05) is 32.5 Å². The first kappa shape index (κ1) is 10.7. The predicted molar refractivity (Wildman–Crippen MR) is 67.4 cm³/mol. The highest BCUT2D eigenvalue weighted by Crippen LogP contribution is 2.36. The van der Waals surface area contributed by atoms with E-state index in [0.29, 0.717) is 5.95 Å². The number of anilines is 1. The molecule has 5 heteroatoms. The van der Waals surface area contributed by atoms with Crippen LogP contribution in [0.4, 0.5) is 5.95 Å². The van der Waals surface area contributed by atoms with Crippen LogP contribution in [0.2, 0.25) is 0 Å². The highest BCUT2D eigenvalue weighted by Gasteiger charge is 2.16. The molecular formula is C10H13N3S2. The van der Waals surface area contributed by atoms with Crippen molar-refractivity contribution in [2.24, 2.45) is 0 Å². The lowest BCUT2D eigenvalue weighted by Gasteiger charge is -2.17. The summed E-state index contributed by atoms with van der Waals surface area (Å²) in [4.78, 5) is 9.46. The quantitative estimate of drug-likeness (QED) is 0.613. The molecule has 2 aromatic heterocycles. The normalized spacial score (nSPS) is 12.2. The van der Waals surface area contributed by atoms with Crippen LogP contribution in [0.15, 0.2) is 16.5 Å². The number of nitrogens with zero attached hydrogens (tertiary/aromatic N) is 2. The fourth-order valence-corrected chi connectivity index (χ4v) is 3.04. The molecule has 0 aliphatic heterocycles. The van der Waals surface area contributed by atoms with Crippen molar-refractivity contribution in [1.82, 2.24) is 9.97 Å². The molecule has 80 valence electrons. The van der Waals surface area contributed by atoms with Gasteiger partial charge >= 0.3 is 0 Å². The summed E-state index contributed by atoms with van der Waals surface area (Å²) in [6.07, 6.45) is 0. The number of hydrogen-bond donors (Lipinski definition) is 1. The zero-order valence-corrected chi connectivity index (χ0v) is 10.6. The van der Waals surface area contributed by atoms with Crippen LogP contribution in [0.5, 0.6) is 0 Å². The molecule has 0 unspecified atom stereocenters. The van der Waals surface area contributed by atoms with Crippen molar-refractivity contribution < 1.29 is 0 Å². The monoisotopic (exact) mass is 239 g/mol. The van der Waals surface area contributed by atoms with Crippen molar-refractivity contribution in [3.8, 4) is 0 Å². The minimum atomic E-state index is 0.135. The number of rotatable bonds is 1. The second-order valence-corrected chi connectivity index (χ2v) is 6.95. The third kappa shape index (κ3) is 2.41. The molecule has 3 nitrogen and oxygen atoms in total. The summed E-state index contributed by atoms with van der Waals surface area (Å²) in [5, 5.41) is 4.10. The third-order valence-electron chi connectivity index (χ3n) is 1.71. The van der Waals surface area contributed by atoms with Crippen molar-refractivity contribution in [2.75, 3.05) is 5.73 Å². The Hall–Kier alpha value is -0.810. The molecule has 0 atom stereocenters. The Bertz CT molecular complexity index is 485. The SMILES string of the molecule is CC(C)(C)Sc1nc(N)nc2sccc12. The molecule has 0 amide bonds. The maximum atomic E-state index is 5.67. The average Bonchev–Trinajstić information content (AvgIpc) is 2.48. The van der Waals surface area contributed by atoms with E-state index in [9.17, 15) is 0 Å². The number of aromatic nitrogens is 2. The second-order valence-electron chi connectivity index (χ2n) is 4.24. The molecule has 15 heavy (non-hydrogen) atoms. The second kappa shape index (κ2) is 3.64. The lowest BCUT2D eigenvalue weighted by atomic mass is 10.3. The summed E-state index contributed by atoms with van der Waals surface area (Å²) in [5.41, 5.74) is 5.67. The average molecular weight is 239 g/mol. The van der Waals surface area contributed by atoms with Crippen molar-refractivity contribution >= 4 is 39.3 Å². The summed E-state index contributed by atoms with van der Waals surface area (Å²) < 4.78 is 0.135. The highest BCUT2D eigenvalue weighted by atomic mass is 32.2. The summed E-state index contributed by atoms with van der Waals surface area (Å²) in [5.74, 6) is 0.358. The van der Waals surface area contributed by atoms with E-state index in [1.165, 1.54) is 0 Å². The summed E-state index contributed by atoms with van der Waals surface area (Å²) >= 11 is 3.32. The van der Waals surface area contributed by atoms with Crippen molar-refractivity contribution in [2.45, 2.75) is 30.5 Å². The zero-order valence-electron chi connectivity index (χ0n) is 8.94. The highest BCUT2D eigenvalue weighted by molar-refractivity contribution is 8.00. The number of nitrogen functional groups attached to an aromatic ring is 1. The van der Waals surface area contributed by atoms with Gasteiger partial charge < -0.3 is 5.73 Å². The van der Waals surface area contributed by atoms with Crippen LogP contribution in [-0.4, -0.2) is 14.7 Å². The molecule has 0 saturated carbocycles. The zero-order chi connectivity index (χ0) is 11.1. The lowest BCUT2D eigenvalue weighted by Crippen LogP contribution is -2.08. The van der Waals surface area contributed by atoms with E-state index in [2.05, 4.69) is 30.7 Å². The van der Waals surface area contributed by atoms with Crippen LogP contribution in [0.25, 0.3) is 10.2 Å². The molecule has 0 aliphatic carbocycles. The summed E-state index contributed by atoms with van der Waals surface area (Å²) in [6, 6.07) is 2.05. The topological polar surface area (TPSA) is 51.8 Å². The van der Waals surface area contributed by atoms with Gasteiger partial charge in [-0.05, 0) is 11.4 Å². The molecule has 0 bridgehead atoms. The van der Waals surface area contributed by atoms with Gasteiger partial charge in [0.25, 0.3) is 0 Å². The van der Waals surface area contributed by atoms with Crippen LogP contribution in [0.3, 0.4) is 0 Å². The molecule has 0 aromatic carbocycles. The lowest BCUT2D eigenvalue weighted by molar-refractivity contribution is 0.800. The van der Waals surface area contributed by atoms with Gasteiger partial charge in [0.05, 0.1) is 0 Å². The molecule has 2 aromatic rings. The molecule has 0 spiro atoms. The van der Waals surface area contributed by atoms with Crippen molar-refractivity contribution in [3.63, 3.8) is 0 Å². The molecule has 0 saturated heterocycles. The molecule has 0 aliphatic rings. The van der Waals surface area contributed by atoms with Crippen molar-refractivity contribution in [1.29, 1.82) is 0 Å². The smallest absolute Gasteiger partial charge is 0.222 e. The molecule has 2 heterocycles. The maximum absolute atomic E-state index is 5.67. The van der Waals surface area contributed by atoms with Gasteiger partial charge in [0.15, 0.2) is 0 Å². The number of fused-ring (bicyclic) bond motifs is 1. The van der Waals surface area contributed by atoms with E-state index in [-0.39, 0.29) is 4.75 Å². The van der Waals surface area contributed by atoms with Crippen LogP contribution < -0.4 is 5.73 Å². The number of hydrogen-bond acceptors (Lipinski definition) is 5. The Morgan fingerprint density at radius 2 is 2.07 bits per heavy atom. The fraction of sp³-hybridized carbons (Fsp3) is 0.400. The van der Waals surface area contributed by atoms with E-state index in [0.717, 1.165) is 15.2 Å². The van der Waals surface area contributed by atoms with Crippen LogP contribution in [0, 0.1) is 0 Å². The van der Waals surface area contributed by atoms with E-state index >= 15 is 0 Å². The first-order chi connectivity index (χ1) is 6.96. The molecular weight excluding hydrogens is 226 g/mol. The van der Waals surface area contributed by atoms with Crippen LogP contribution >= 0.6 is 23.1 Å². The molecule has 0 radical (unpaired) electrons. The Kier molecular flexibility index (Phi) is 2.60. The first-order valence-electron chi connectivity index (χ1n) is 4.65. The van der Waals surface area contributed by atoms with Gasteiger partial charge in [0.2, 0.25) is 5.95 Å². The third-order valence-corrected chi connectivity index (χ3v) is 3.63. The Morgan fingerprint density at radius 3 is 2.73 bits per heavy atom. The molecule has 0 fully saturated rings. The van der Waals surface area contributed by atoms with Gasteiger partial charge in [0.1, 0.15) is 9.86 Å². The number of thiophene rings is 1. The Morgan fingerprint density at radius 1 is 1.33 bits per heavy atom. The van der Waals surface area contributed by atoms with Crippen LogP contribution in [0.1, 0.15) is 20.8 Å². The summed E-state index contributed by atoms with van der Waals surface area (Å²) in [6.45, 7) is 6.48. The molecule has 2 N–H and O–H groups in total. The van der Waals surface area contributed by atoms with Gasteiger partial charge in [-0.3, -0.25) is 0 Å². The van der Waals surface area contributed by atoms with Gasteiger partial charge in [-0.2, -0.15) is 0 Å². The van der Waals surface area contributed by atoms with E-state index < -0.39 is 0 Å². The van der Waals surface area contributed by atoms with E-state index in [1.54, 1.807) is 23.1 Å². The Labute approximate surface area is 97.1 Å². The number of thioether (sulfide) groups is 1. The van der Waals surface area contributed by atoms with Gasteiger partial charge in [0, 0.05) is 10.1 Å². The van der Waals surface area contributed by atoms with Crippen LogP contribution in [-0.2, 0) is 0 Å². The Balaban J connectivity index is 2.53. The minimum Gasteiger partial charge on any atom is -0.368 e. The summed E-state index contributed by atoms with van der Waals surface area (Å²) in [7, 11) is 0. The van der Waals surface area contributed by atoms with Gasteiger partial charge in [-0.15, -0.1) is 11.3 Å². The molecule has 2 rings (SSSR count).